The highest BCUT2D eigenvalue weighted by molar-refractivity contribution is 5.89. The number of nitrogens with zero attached hydrogens (tertiary/aromatic N) is 1. The molecule has 3 heterocycles. The highest BCUT2D eigenvalue weighted by Crippen LogP contribution is 2.36. The number of piperidine rings is 1. The van der Waals surface area contributed by atoms with Crippen molar-refractivity contribution in [1.29, 1.82) is 0 Å². The average molecular weight is 325 g/mol. The van der Waals surface area contributed by atoms with Gasteiger partial charge >= 0.3 is 6.03 Å². The van der Waals surface area contributed by atoms with Crippen molar-refractivity contribution in [2.24, 2.45) is 0 Å². The summed E-state index contributed by atoms with van der Waals surface area (Å²) in [7, 11) is 0. The molecule has 1 aromatic carbocycles. The van der Waals surface area contributed by atoms with Crippen LogP contribution in [0.5, 0.6) is 0 Å². The van der Waals surface area contributed by atoms with Crippen molar-refractivity contribution < 1.29 is 9.21 Å². The molecule has 2 bridgehead atoms. The lowest BCUT2D eigenvalue weighted by molar-refractivity contribution is 0.104. The number of amides is 2. The second kappa shape index (κ2) is 6.69. The van der Waals surface area contributed by atoms with E-state index >= 15 is 0 Å². The number of hydrogen-bond acceptors (Lipinski definition) is 3. The number of benzene rings is 1. The lowest BCUT2D eigenvalue weighted by atomic mass is 9.97. The van der Waals surface area contributed by atoms with Gasteiger partial charge in [0.25, 0.3) is 0 Å². The molecule has 0 saturated carbocycles. The van der Waals surface area contributed by atoms with Crippen LogP contribution in [0.2, 0.25) is 0 Å². The molecule has 1 aromatic heterocycles. The SMILES string of the molecule is O=C(Nc1ccccc1)NC1C[C@H]2CC[C@H](C1)N2Cc1ccco1. The maximum Gasteiger partial charge on any atom is 0.319 e. The van der Waals surface area contributed by atoms with Crippen LogP contribution in [-0.4, -0.2) is 29.1 Å². The summed E-state index contributed by atoms with van der Waals surface area (Å²) >= 11 is 0. The molecule has 4 rings (SSSR count). The smallest absolute Gasteiger partial charge is 0.319 e. The number of furan rings is 1. The molecule has 2 aromatic rings. The van der Waals surface area contributed by atoms with E-state index in [9.17, 15) is 4.79 Å². The van der Waals surface area contributed by atoms with Gasteiger partial charge in [-0.05, 0) is 49.9 Å². The molecule has 2 amide bonds. The van der Waals surface area contributed by atoms with Gasteiger partial charge < -0.3 is 15.1 Å². The van der Waals surface area contributed by atoms with Crippen LogP contribution in [0.3, 0.4) is 0 Å². The molecule has 0 aliphatic carbocycles. The van der Waals surface area contributed by atoms with Crippen molar-refractivity contribution in [3.8, 4) is 0 Å². The molecule has 2 aliphatic rings. The number of carbonyl (C=O) groups is 1. The number of anilines is 1. The van der Waals surface area contributed by atoms with Crippen LogP contribution in [-0.2, 0) is 6.54 Å². The van der Waals surface area contributed by atoms with Gasteiger partial charge in [-0.2, -0.15) is 0 Å². The summed E-state index contributed by atoms with van der Waals surface area (Å²) in [5, 5.41) is 6.06. The Balaban J connectivity index is 1.32. The monoisotopic (exact) mass is 325 g/mol. The van der Waals surface area contributed by atoms with E-state index in [4.69, 9.17) is 4.42 Å². The number of para-hydroxylation sites is 1. The van der Waals surface area contributed by atoms with Crippen LogP contribution in [0.25, 0.3) is 0 Å². The Kier molecular flexibility index (Phi) is 4.26. The molecule has 0 spiro atoms. The minimum absolute atomic E-state index is 0.106. The van der Waals surface area contributed by atoms with Gasteiger partial charge in [0, 0.05) is 23.8 Å². The molecular weight excluding hydrogens is 302 g/mol. The van der Waals surface area contributed by atoms with Crippen molar-refractivity contribution in [1.82, 2.24) is 10.2 Å². The minimum Gasteiger partial charge on any atom is -0.468 e. The average Bonchev–Trinajstić information content (AvgIpc) is 3.16. The fourth-order valence-corrected chi connectivity index (χ4v) is 4.11. The van der Waals surface area contributed by atoms with Gasteiger partial charge in [-0.25, -0.2) is 4.79 Å². The van der Waals surface area contributed by atoms with E-state index in [0.29, 0.717) is 12.1 Å². The second-order valence-electron chi connectivity index (χ2n) is 6.77. The van der Waals surface area contributed by atoms with Crippen LogP contribution in [0.4, 0.5) is 10.5 Å². The normalized spacial score (nSPS) is 26.2. The Labute approximate surface area is 142 Å². The zero-order valence-electron chi connectivity index (χ0n) is 13.7. The molecule has 0 radical (unpaired) electrons. The number of urea groups is 1. The molecule has 2 aliphatic heterocycles. The zero-order chi connectivity index (χ0) is 16.4. The minimum atomic E-state index is -0.106. The van der Waals surface area contributed by atoms with E-state index < -0.39 is 0 Å². The Morgan fingerprint density at radius 1 is 1.08 bits per heavy atom. The van der Waals surface area contributed by atoms with Gasteiger partial charge in [-0.1, -0.05) is 18.2 Å². The maximum absolute atomic E-state index is 12.2. The zero-order valence-corrected chi connectivity index (χ0v) is 13.7. The second-order valence-corrected chi connectivity index (χ2v) is 6.77. The van der Waals surface area contributed by atoms with E-state index in [0.717, 1.165) is 30.8 Å². The molecule has 24 heavy (non-hydrogen) atoms. The predicted molar refractivity (Wildman–Crippen MR) is 92.7 cm³/mol. The van der Waals surface area contributed by atoms with Crippen molar-refractivity contribution in [2.75, 3.05) is 5.32 Å². The summed E-state index contributed by atoms with van der Waals surface area (Å²) < 4.78 is 5.50. The van der Waals surface area contributed by atoms with Crippen molar-refractivity contribution in [2.45, 2.75) is 50.4 Å². The Morgan fingerprint density at radius 3 is 2.50 bits per heavy atom. The highest BCUT2D eigenvalue weighted by atomic mass is 16.3. The summed E-state index contributed by atoms with van der Waals surface area (Å²) in [4.78, 5) is 14.7. The fourth-order valence-electron chi connectivity index (χ4n) is 4.11. The first-order chi connectivity index (χ1) is 11.8. The van der Waals surface area contributed by atoms with Gasteiger partial charge in [0.15, 0.2) is 0 Å². The van der Waals surface area contributed by atoms with Crippen LogP contribution >= 0.6 is 0 Å². The standard InChI is InChI=1S/C19H23N3O2/c23-19(20-14-5-2-1-3-6-14)21-15-11-16-8-9-17(12-15)22(16)13-18-7-4-10-24-18/h1-7,10,15-17H,8-9,11-13H2,(H2,20,21,23)/t16-,17-/m1/s1. The number of nitrogens with one attached hydrogen (secondary N) is 2. The van der Waals surface area contributed by atoms with Crippen molar-refractivity contribution in [3.05, 3.63) is 54.5 Å². The van der Waals surface area contributed by atoms with Crippen molar-refractivity contribution >= 4 is 11.7 Å². The van der Waals surface area contributed by atoms with Gasteiger partial charge in [-0.3, -0.25) is 4.90 Å². The number of hydrogen-bond donors (Lipinski definition) is 2. The molecule has 2 fully saturated rings. The summed E-state index contributed by atoms with van der Waals surface area (Å²) in [6.07, 6.45) is 6.19. The Morgan fingerprint density at radius 2 is 1.83 bits per heavy atom. The first kappa shape index (κ1) is 15.3. The molecule has 126 valence electrons. The predicted octanol–water partition coefficient (Wildman–Crippen LogP) is 3.60. The highest BCUT2D eigenvalue weighted by Gasteiger charge is 2.41. The fraction of sp³-hybridized carbons (Fsp3) is 0.421. The summed E-state index contributed by atoms with van der Waals surface area (Å²) in [6, 6.07) is 14.8. The van der Waals surface area contributed by atoms with Crippen molar-refractivity contribution in [3.63, 3.8) is 0 Å². The van der Waals surface area contributed by atoms with E-state index in [1.165, 1.54) is 12.8 Å². The molecule has 2 N–H and O–H groups in total. The molecule has 2 atom stereocenters. The molecule has 5 nitrogen and oxygen atoms in total. The first-order valence-electron chi connectivity index (χ1n) is 8.68. The molecule has 5 heteroatoms. The largest absolute Gasteiger partial charge is 0.468 e. The van der Waals surface area contributed by atoms with E-state index in [1.54, 1.807) is 6.26 Å². The van der Waals surface area contributed by atoms with Crippen LogP contribution in [0, 0.1) is 0 Å². The Hall–Kier alpha value is -2.27. The summed E-state index contributed by atoms with van der Waals surface area (Å²) in [5.74, 6) is 1.03. The first-order valence-corrected chi connectivity index (χ1v) is 8.68. The van der Waals surface area contributed by atoms with Gasteiger partial charge in [-0.15, -0.1) is 0 Å². The third-order valence-corrected chi connectivity index (χ3v) is 5.17. The number of rotatable bonds is 4. The van der Waals surface area contributed by atoms with E-state index in [1.807, 2.05) is 42.5 Å². The third-order valence-electron chi connectivity index (χ3n) is 5.17. The Bertz CT molecular complexity index is 657. The summed E-state index contributed by atoms with van der Waals surface area (Å²) in [6.45, 7) is 0.880. The van der Waals surface area contributed by atoms with Crippen LogP contribution < -0.4 is 10.6 Å². The number of carbonyl (C=O) groups excluding carboxylic acids is 1. The van der Waals surface area contributed by atoms with Gasteiger partial charge in [0.05, 0.1) is 12.8 Å². The molecule has 2 saturated heterocycles. The van der Waals surface area contributed by atoms with Crippen LogP contribution in [0.1, 0.15) is 31.4 Å². The lowest BCUT2D eigenvalue weighted by Crippen LogP contribution is -2.50. The summed E-state index contributed by atoms with van der Waals surface area (Å²) in [5.41, 5.74) is 0.827. The molecular formula is C19H23N3O2. The van der Waals surface area contributed by atoms with E-state index in [2.05, 4.69) is 15.5 Å². The lowest BCUT2D eigenvalue weighted by Gasteiger charge is -2.38. The molecule has 0 unspecified atom stereocenters. The van der Waals surface area contributed by atoms with E-state index in [-0.39, 0.29) is 12.1 Å². The topological polar surface area (TPSA) is 57.5 Å². The van der Waals surface area contributed by atoms with Gasteiger partial charge in [0.2, 0.25) is 0 Å². The maximum atomic E-state index is 12.2. The van der Waals surface area contributed by atoms with Gasteiger partial charge in [0.1, 0.15) is 5.76 Å². The third kappa shape index (κ3) is 3.31. The van der Waals surface area contributed by atoms with Crippen LogP contribution in [0.15, 0.2) is 53.1 Å². The number of fused-ring (bicyclic) bond motifs is 2. The quantitative estimate of drug-likeness (QED) is 0.903.